The normalized spacial score (nSPS) is 30.9. The molecule has 0 bridgehead atoms. The van der Waals surface area contributed by atoms with Crippen molar-refractivity contribution < 1.29 is 4.79 Å². The number of fused-ring (bicyclic) bond motifs is 3. The monoisotopic (exact) mass is 379 g/mol. The molecule has 3 aliphatic rings. The minimum atomic E-state index is 0.193. The van der Waals surface area contributed by atoms with Crippen LogP contribution in [-0.2, 0) is 4.79 Å². The zero-order chi connectivity index (χ0) is 18.4. The predicted molar refractivity (Wildman–Crippen MR) is 109 cm³/mol. The van der Waals surface area contributed by atoms with Gasteiger partial charge in [-0.05, 0) is 53.9 Å². The Bertz CT molecular complexity index is 845. The van der Waals surface area contributed by atoms with Gasteiger partial charge in [-0.1, -0.05) is 18.6 Å². The van der Waals surface area contributed by atoms with Crippen LogP contribution >= 0.6 is 11.3 Å². The Balaban J connectivity index is 1.38. The number of carbonyl (C=O) groups excluding carboxylic acids is 1. The van der Waals surface area contributed by atoms with Gasteiger partial charge in [0.05, 0.1) is 11.6 Å². The Hall–Kier alpha value is -1.98. The molecule has 4 unspecified atom stereocenters. The van der Waals surface area contributed by atoms with Gasteiger partial charge < -0.3 is 4.90 Å². The van der Waals surface area contributed by atoms with Crippen LogP contribution in [0.5, 0.6) is 0 Å². The molecule has 0 radical (unpaired) electrons. The summed E-state index contributed by atoms with van der Waals surface area (Å²) < 4.78 is 0. The molecule has 1 amide bonds. The lowest BCUT2D eigenvalue weighted by Crippen LogP contribution is -2.44. The Morgan fingerprint density at radius 2 is 2.15 bits per heavy atom. The molecule has 3 saturated heterocycles. The molecule has 0 saturated carbocycles. The average Bonchev–Trinajstić information content (AvgIpc) is 3.39. The third-order valence-corrected chi connectivity index (χ3v) is 7.22. The lowest BCUT2D eigenvalue weighted by Gasteiger charge is -2.35. The molecule has 0 aromatic carbocycles. The zero-order valence-electron chi connectivity index (χ0n) is 15.6. The van der Waals surface area contributed by atoms with E-state index in [2.05, 4.69) is 51.0 Å². The highest BCUT2D eigenvalue weighted by Gasteiger charge is 2.55. The van der Waals surface area contributed by atoms with Crippen LogP contribution in [0.4, 0.5) is 0 Å². The van der Waals surface area contributed by atoms with E-state index in [1.807, 2.05) is 18.1 Å². The number of amides is 1. The van der Waals surface area contributed by atoms with E-state index >= 15 is 0 Å². The van der Waals surface area contributed by atoms with E-state index in [4.69, 9.17) is 0 Å². The quantitative estimate of drug-likeness (QED) is 0.815. The van der Waals surface area contributed by atoms with Crippen LogP contribution in [-0.4, -0.2) is 52.9 Å². The van der Waals surface area contributed by atoms with Gasteiger partial charge >= 0.3 is 0 Å². The van der Waals surface area contributed by atoms with Gasteiger partial charge in [-0.2, -0.15) is 11.3 Å². The standard InChI is InChI=1S/C22H25N3OS/c1-24-13-18-19(25-10-3-2-4-20(25)21(18)22(24)26)8-7-17-6-5-15(12-23-17)16-9-11-27-14-16/h5-9,11-12,14,18-21H,2-4,10,13H2,1H3. The Morgan fingerprint density at radius 3 is 2.93 bits per heavy atom. The fraction of sp³-hybridized carbons (Fsp3) is 0.455. The molecule has 140 valence electrons. The van der Waals surface area contributed by atoms with Gasteiger partial charge in [-0.25, -0.2) is 0 Å². The summed E-state index contributed by atoms with van der Waals surface area (Å²) in [5.41, 5.74) is 3.38. The summed E-state index contributed by atoms with van der Waals surface area (Å²) in [6.45, 7) is 2.00. The fourth-order valence-corrected chi connectivity index (χ4v) is 5.93. The molecule has 27 heavy (non-hydrogen) atoms. The number of hydrogen-bond donors (Lipinski definition) is 0. The third-order valence-electron chi connectivity index (χ3n) is 6.54. The van der Waals surface area contributed by atoms with Crippen molar-refractivity contribution in [3.63, 3.8) is 0 Å². The molecule has 5 heteroatoms. The molecule has 3 aliphatic heterocycles. The highest BCUT2D eigenvalue weighted by Crippen LogP contribution is 2.45. The summed E-state index contributed by atoms with van der Waals surface area (Å²) in [5.74, 6) is 0.969. The first-order valence-electron chi connectivity index (χ1n) is 9.90. The number of thiophene rings is 1. The van der Waals surface area contributed by atoms with Crippen LogP contribution in [0.15, 0.2) is 41.2 Å². The summed E-state index contributed by atoms with van der Waals surface area (Å²) in [4.78, 5) is 21.8. The molecule has 2 aromatic rings. The van der Waals surface area contributed by atoms with Crippen molar-refractivity contribution in [3.8, 4) is 11.1 Å². The van der Waals surface area contributed by atoms with E-state index in [0.717, 1.165) is 24.3 Å². The lowest BCUT2D eigenvalue weighted by atomic mass is 9.87. The maximum absolute atomic E-state index is 12.7. The Labute approximate surface area is 164 Å². The van der Waals surface area contributed by atoms with Crippen LogP contribution in [0.2, 0.25) is 0 Å². The van der Waals surface area contributed by atoms with Crippen LogP contribution in [0.25, 0.3) is 17.2 Å². The van der Waals surface area contributed by atoms with Gasteiger partial charge in [0.2, 0.25) is 5.91 Å². The Morgan fingerprint density at radius 1 is 1.22 bits per heavy atom. The number of nitrogens with zero attached hydrogens (tertiary/aromatic N) is 3. The largest absolute Gasteiger partial charge is 0.345 e. The Kier molecular flexibility index (Phi) is 4.37. The van der Waals surface area contributed by atoms with Crippen LogP contribution in [0.3, 0.4) is 0 Å². The number of likely N-dealkylation sites (tertiary alicyclic amines) is 1. The van der Waals surface area contributed by atoms with Gasteiger partial charge in [0.25, 0.3) is 0 Å². The number of hydrogen-bond acceptors (Lipinski definition) is 4. The zero-order valence-corrected chi connectivity index (χ0v) is 16.4. The van der Waals surface area contributed by atoms with E-state index in [9.17, 15) is 4.79 Å². The molecule has 0 spiro atoms. The molecule has 0 N–H and O–H groups in total. The summed E-state index contributed by atoms with van der Waals surface area (Å²) in [5, 5.41) is 4.24. The van der Waals surface area contributed by atoms with Crippen LogP contribution in [0.1, 0.15) is 25.0 Å². The first-order valence-corrected chi connectivity index (χ1v) is 10.8. The smallest absolute Gasteiger partial charge is 0.227 e. The van der Waals surface area contributed by atoms with E-state index in [-0.39, 0.29) is 5.92 Å². The second-order valence-electron chi connectivity index (χ2n) is 8.04. The van der Waals surface area contributed by atoms with Crippen molar-refractivity contribution in [2.75, 3.05) is 20.1 Å². The van der Waals surface area contributed by atoms with Gasteiger partial charge in [-0.15, -0.1) is 0 Å². The number of carbonyl (C=O) groups is 1. The molecular formula is C22H25N3OS. The summed E-state index contributed by atoms with van der Waals surface area (Å²) >= 11 is 1.71. The topological polar surface area (TPSA) is 36.4 Å². The lowest BCUT2D eigenvalue weighted by molar-refractivity contribution is -0.131. The number of pyridine rings is 1. The molecule has 3 fully saturated rings. The molecule has 2 aromatic heterocycles. The third kappa shape index (κ3) is 2.93. The second kappa shape index (κ2) is 6.88. The molecule has 5 rings (SSSR count). The van der Waals surface area contributed by atoms with Crippen LogP contribution in [0, 0.1) is 11.8 Å². The average molecular weight is 380 g/mol. The van der Waals surface area contributed by atoms with Gasteiger partial charge in [-0.3, -0.25) is 14.7 Å². The molecule has 4 nitrogen and oxygen atoms in total. The van der Waals surface area contributed by atoms with Crippen molar-refractivity contribution in [2.45, 2.75) is 31.3 Å². The van der Waals surface area contributed by atoms with Crippen molar-refractivity contribution in [1.29, 1.82) is 0 Å². The second-order valence-corrected chi connectivity index (χ2v) is 8.82. The number of aromatic nitrogens is 1. The van der Waals surface area contributed by atoms with E-state index in [1.165, 1.54) is 24.8 Å². The maximum atomic E-state index is 12.7. The first-order chi connectivity index (χ1) is 13.2. The number of rotatable bonds is 3. The van der Waals surface area contributed by atoms with Crippen molar-refractivity contribution in [1.82, 2.24) is 14.8 Å². The van der Waals surface area contributed by atoms with Crippen molar-refractivity contribution in [2.24, 2.45) is 11.8 Å². The molecular weight excluding hydrogens is 354 g/mol. The first kappa shape index (κ1) is 17.1. The van der Waals surface area contributed by atoms with Gasteiger partial charge in [0, 0.05) is 43.4 Å². The summed E-state index contributed by atoms with van der Waals surface area (Å²) in [6.07, 6.45) is 10.1. The fourth-order valence-electron chi connectivity index (χ4n) is 5.26. The summed E-state index contributed by atoms with van der Waals surface area (Å²) in [6, 6.07) is 7.15. The molecule has 5 heterocycles. The van der Waals surface area contributed by atoms with Crippen molar-refractivity contribution in [3.05, 3.63) is 46.9 Å². The maximum Gasteiger partial charge on any atom is 0.227 e. The molecule has 0 aliphatic carbocycles. The number of piperidine rings is 1. The SMILES string of the molecule is CN1CC2C(C1=O)C1CCCCN1C2C=Cc1ccc(-c2ccsc2)cn1. The van der Waals surface area contributed by atoms with E-state index in [0.29, 0.717) is 23.9 Å². The van der Waals surface area contributed by atoms with Gasteiger partial charge in [0.1, 0.15) is 0 Å². The summed E-state index contributed by atoms with van der Waals surface area (Å²) in [7, 11) is 1.96. The minimum Gasteiger partial charge on any atom is -0.345 e. The minimum absolute atomic E-state index is 0.193. The van der Waals surface area contributed by atoms with E-state index in [1.54, 1.807) is 11.3 Å². The van der Waals surface area contributed by atoms with Crippen molar-refractivity contribution >= 4 is 23.3 Å². The van der Waals surface area contributed by atoms with Gasteiger partial charge in [0.15, 0.2) is 0 Å². The predicted octanol–water partition coefficient (Wildman–Crippen LogP) is 3.76. The highest BCUT2D eigenvalue weighted by molar-refractivity contribution is 7.08. The highest BCUT2D eigenvalue weighted by atomic mass is 32.1. The van der Waals surface area contributed by atoms with Crippen LogP contribution < -0.4 is 0 Å². The molecule has 4 atom stereocenters. The van der Waals surface area contributed by atoms with E-state index < -0.39 is 0 Å².